The molecular weight excluding hydrogens is 352 g/mol. The third-order valence-electron chi connectivity index (χ3n) is 4.05. The number of para-hydroxylation sites is 1. The molecule has 0 aliphatic rings. The highest BCUT2D eigenvalue weighted by atomic mass is 35.5. The van der Waals surface area contributed by atoms with Crippen molar-refractivity contribution in [1.29, 1.82) is 0 Å². The van der Waals surface area contributed by atoms with E-state index in [4.69, 9.17) is 11.6 Å². The Balaban J connectivity index is 1.67. The number of hydrogen-bond donors (Lipinski definition) is 1. The Morgan fingerprint density at radius 1 is 0.654 bits per heavy atom. The number of phenolic OH excluding ortho intramolecular Hbond substituents is 1. The molecule has 0 fully saturated rings. The van der Waals surface area contributed by atoms with Crippen LogP contribution in [-0.4, -0.2) is 35.1 Å². The van der Waals surface area contributed by atoms with Crippen LogP contribution in [0, 0.1) is 0 Å². The van der Waals surface area contributed by atoms with Gasteiger partial charge in [-0.05, 0) is 42.5 Å². The van der Waals surface area contributed by atoms with Crippen LogP contribution in [0.25, 0.3) is 33.4 Å². The van der Waals surface area contributed by atoms with Crippen molar-refractivity contribution in [2.24, 2.45) is 0 Å². The molecule has 8 heteroatoms. The van der Waals surface area contributed by atoms with Gasteiger partial charge in [-0.2, -0.15) is 0 Å². The first-order valence-electron chi connectivity index (χ1n) is 7.86. The Hall–Kier alpha value is -3.45. The van der Waals surface area contributed by atoms with Gasteiger partial charge in [-0.3, -0.25) is 0 Å². The van der Waals surface area contributed by atoms with Gasteiger partial charge in [-0.15, -0.1) is 30.0 Å². The van der Waals surface area contributed by atoms with Gasteiger partial charge in [0.2, 0.25) is 0 Å². The molecule has 2 aromatic heterocycles. The number of nitrogens with zero attached hydrogens (tertiary/aromatic N) is 6. The molecule has 126 valence electrons. The van der Waals surface area contributed by atoms with Crippen LogP contribution >= 0.6 is 11.6 Å². The molecule has 0 saturated heterocycles. The molecule has 1 N–H and O–H groups in total. The first kappa shape index (κ1) is 14.9. The van der Waals surface area contributed by atoms with Crippen LogP contribution in [0.2, 0.25) is 5.02 Å². The Bertz CT molecular complexity index is 1240. The summed E-state index contributed by atoms with van der Waals surface area (Å²) in [5.41, 5.74) is 3.69. The molecule has 2 heterocycles. The molecule has 0 amide bonds. The van der Waals surface area contributed by atoms with E-state index < -0.39 is 0 Å². The van der Waals surface area contributed by atoms with Gasteiger partial charge in [0, 0.05) is 5.02 Å². The summed E-state index contributed by atoms with van der Waals surface area (Å²) in [5.74, 6) is -0.0146. The minimum Gasteiger partial charge on any atom is -0.504 e. The van der Waals surface area contributed by atoms with Gasteiger partial charge >= 0.3 is 0 Å². The minimum absolute atomic E-state index is 0.0146. The van der Waals surface area contributed by atoms with Crippen LogP contribution in [0.15, 0.2) is 60.7 Å². The van der Waals surface area contributed by atoms with Crippen molar-refractivity contribution >= 4 is 33.7 Å². The third-order valence-corrected chi connectivity index (χ3v) is 4.29. The van der Waals surface area contributed by atoms with E-state index in [0.717, 1.165) is 11.0 Å². The zero-order chi connectivity index (χ0) is 17.7. The summed E-state index contributed by atoms with van der Waals surface area (Å²) in [6.45, 7) is 0. The Kier molecular flexibility index (Phi) is 3.16. The van der Waals surface area contributed by atoms with Gasteiger partial charge < -0.3 is 5.11 Å². The highest BCUT2D eigenvalue weighted by Gasteiger charge is 2.15. The standard InChI is InChI=1S/C18H11ClN6O/c19-11-8-9-14-15(10-11)23-25(22-14)17-7-3-6-16(18(17)26)24-20-12-4-1-2-5-13(12)21-24/h1-10,26H. The average molecular weight is 363 g/mol. The number of benzene rings is 3. The lowest BCUT2D eigenvalue weighted by molar-refractivity contribution is 0.460. The lowest BCUT2D eigenvalue weighted by Crippen LogP contribution is -2.04. The molecule has 0 aliphatic carbocycles. The molecule has 0 aliphatic heterocycles. The van der Waals surface area contributed by atoms with Crippen molar-refractivity contribution in [3.8, 4) is 17.1 Å². The maximum atomic E-state index is 10.8. The van der Waals surface area contributed by atoms with Crippen LogP contribution in [0.5, 0.6) is 5.75 Å². The molecule has 5 aromatic rings. The van der Waals surface area contributed by atoms with E-state index >= 15 is 0 Å². The van der Waals surface area contributed by atoms with Crippen LogP contribution in [-0.2, 0) is 0 Å². The number of hydrogen-bond acceptors (Lipinski definition) is 5. The predicted octanol–water partition coefficient (Wildman–Crippen LogP) is 3.51. The summed E-state index contributed by atoms with van der Waals surface area (Å²) in [5, 5.41) is 29.0. The normalized spacial score (nSPS) is 11.4. The van der Waals surface area contributed by atoms with Crippen LogP contribution in [0.4, 0.5) is 0 Å². The van der Waals surface area contributed by atoms with Crippen molar-refractivity contribution in [2.75, 3.05) is 0 Å². The van der Waals surface area contributed by atoms with Crippen molar-refractivity contribution in [3.63, 3.8) is 0 Å². The lowest BCUT2D eigenvalue weighted by Gasteiger charge is -2.07. The van der Waals surface area contributed by atoms with Crippen LogP contribution < -0.4 is 0 Å². The SMILES string of the molecule is Oc1c(-n2nc3ccccc3n2)cccc1-n1nc2ccc(Cl)cc2n1. The Morgan fingerprint density at radius 2 is 1.19 bits per heavy atom. The highest BCUT2D eigenvalue weighted by Crippen LogP contribution is 2.29. The second-order valence-corrected chi connectivity index (χ2v) is 6.18. The van der Waals surface area contributed by atoms with Crippen molar-refractivity contribution in [3.05, 3.63) is 65.7 Å². The number of halogens is 1. The second-order valence-electron chi connectivity index (χ2n) is 5.75. The fourth-order valence-electron chi connectivity index (χ4n) is 2.81. The van der Waals surface area contributed by atoms with Gasteiger partial charge in [0.25, 0.3) is 0 Å². The maximum absolute atomic E-state index is 10.8. The largest absolute Gasteiger partial charge is 0.504 e. The van der Waals surface area contributed by atoms with Crippen LogP contribution in [0.3, 0.4) is 0 Å². The van der Waals surface area contributed by atoms with E-state index in [1.165, 1.54) is 9.59 Å². The Labute approximate surface area is 152 Å². The van der Waals surface area contributed by atoms with Crippen molar-refractivity contribution in [1.82, 2.24) is 30.0 Å². The van der Waals surface area contributed by atoms with E-state index in [2.05, 4.69) is 20.4 Å². The van der Waals surface area contributed by atoms with Crippen molar-refractivity contribution < 1.29 is 5.11 Å². The van der Waals surface area contributed by atoms with E-state index in [1.807, 2.05) is 24.3 Å². The van der Waals surface area contributed by atoms with E-state index in [9.17, 15) is 5.11 Å². The number of fused-ring (bicyclic) bond motifs is 2. The first-order valence-corrected chi connectivity index (χ1v) is 8.24. The molecule has 0 atom stereocenters. The Morgan fingerprint density at radius 3 is 1.81 bits per heavy atom. The van der Waals surface area contributed by atoms with E-state index in [-0.39, 0.29) is 5.75 Å². The first-order chi connectivity index (χ1) is 12.7. The van der Waals surface area contributed by atoms with Crippen LogP contribution in [0.1, 0.15) is 0 Å². The van der Waals surface area contributed by atoms with Gasteiger partial charge in [0.1, 0.15) is 33.4 Å². The number of rotatable bonds is 2. The molecule has 0 bridgehead atoms. The summed E-state index contributed by atoms with van der Waals surface area (Å²) in [6, 6.07) is 18.0. The van der Waals surface area contributed by atoms with Crippen molar-refractivity contribution in [2.45, 2.75) is 0 Å². The van der Waals surface area contributed by atoms with Gasteiger partial charge in [-0.25, -0.2) is 0 Å². The lowest BCUT2D eigenvalue weighted by atomic mass is 10.2. The highest BCUT2D eigenvalue weighted by molar-refractivity contribution is 6.31. The quantitative estimate of drug-likeness (QED) is 0.519. The fraction of sp³-hybridized carbons (Fsp3) is 0. The predicted molar refractivity (Wildman–Crippen MR) is 98.0 cm³/mol. The molecule has 3 aromatic carbocycles. The molecular formula is C18H11ClN6O. The van der Waals surface area contributed by atoms with Gasteiger partial charge in [0.05, 0.1) is 0 Å². The summed E-state index contributed by atoms with van der Waals surface area (Å²) in [4.78, 5) is 2.78. The van der Waals surface area contributed by atoms with E-state index in [0.29, 0.717) is 27.4 Å². The molecule has 5 rings (SSSR count). The number of aromatic hydroxyl groups is 1. The number of aromatic nitrogens is 6. The summed E-state index contributed by atoms with van der Waals surface area (Å²) in [7, 11) is 0. The molecule has 0 saturated carbocycles. The summed E-state index contributed by atoms with van der Waals surface area (Å²) < 4.78 is 0. The van der Waals surface area contributed by atoms with Gasteiger partial charge in [0.15, 0.2) is 5.75 Å². The monoisotopic (exact) mass is 362 g/mol. The molecule has 0 radical (unpaired) electrons. The molecule has 26 heavy (non-hydrogen) atoms. The smallest absolute Gasteiger partial charge is 0.171 e. The average Bonchev–Trinajstić information content (AvgIpc) is 3.25. The zero-order valence-electron chi connectivity index (χ0n) is 13.3. The molecule has 7 nitrogen and oxygen atoms in total. The summed E-state index contributed by atoms with van der Waals surface area (Å²) in [6.07, 6.45) is 0. The fourth-order valence-corrected chi connectivity index (χ4v) is 2.97. The molecule has 0 spiro atoms. The second kappa shape index (κ2) is 5.53. The zero-order valence-corrected chi connectivity index (χ0v) is 14.0. The number of phenols is 1. The molecule has 0 unspecified atom stereocenters. The van der Waals surface area contributed by atoms with E-state index in [1.54, 1.807) is 36.4 Å². The van der Waals surface area contributed by atoms with Gasteiger partial charge in [-0.1, -0.05) is 29.8 Å². The summed E-state index contributed by atoms with van der Waals surface area (Å²) >= 11 is 6.00. The minimum atomic E-state index is -0.0146. The topological polar surface area (TPSA) is 81.6 Å². The third kappa shape index (κ3) is 2.29. The maximum Gasteiger partial charge on any atom is 0.171 e.